The topological polar surface area (TPSA) is 104 Å². The van der Waals surface area contributed by atoms with Crippen molar-refractivity contribution in [3.63, 3.8) is 0 Å². The molecule has 6 nitrogen and oxygen atoms in total. The Morgan fingerprint density at radius 2 is 1.24 bits per heavy atom. The largest absolute Gasteiger partial charge is 0.480 e. The molecule has 0 bridgehead atoms. The molecule has 0 saturated carbocycles. The Bertz CT molecular complexity index is 1770. The molecule has 0 fully saturated rings. The second-order valence-electron chi connectivity index (χ2n) is 11.6. The molecule has 0 radical (unpaired) electrons. The summed E-state index contributed by atoms with van der Waals surface area (Å²) in [5.41, 5.74) is 4.91. The third kappa shape index (κ3) is 9.24. The van der Waals surface area contributed by atoms with Crippen molar-refractivity contribution in [2.45, 2.75) is 31.7 Å². The first kappa shape index (κ1) is 31.9. The summed E-state index contributed by atoms with van der Waals surface area (Å²) >= 11 is 0. The molecule has 0 aliphatic carbocycles. The Labute approximate surface area is 264 Å². The van der Waals surface area contributed by atoms with Crippen LogP contribution < -0.4 is 5.32 Å². The maximum Gasteiger partial charge on any atom is 0.326 e. The average Bonchev–Trinajstić information content (AvgIpc) is 3.06. The van der Waals surface area contributed by atoms with Gasteiger partial charge in [0, 0.05) is 24.7 Å². The SMILES string of the molecule is O=C(N[C@@H](Cc1ccc2ccccc2c1)C(=O)O)[C@@H](CCc1ccc(-c2ccccc2)cc1)CP(=O)(O)CCc1ccccc1. The molecule has 0 heterocycles. The van der Waals surface area contributed by atoms with Gasteiger partial charge in [-0.1, -0.05) is 127 Å². The number of carbonyl (C=O) groups excluding carboxylic acids is 1. The minimum absolute atomic E-state index is 0.0476. The van der Waals surface area contributed by atoms with E-state index < -0.39 is 31.2 Å². The monoisotopic (exact) mass is 619 g/mol. The van der Waals surface area contributed by atoms with Crippen molar-refractivity contribution in [1.82, 2.24) is 5.32 Å². The van der Waals surface area contributed by atoms with E-state index in [1.165, 1.54) is 0 Å². The number of benzene rings is 5. The van der Waals surface area contributed by atoms with E-state index in [1.54, 1.807) is 0 Å². The van der Waals surface area contributed by atoms with Gasteiger partial charge in [0.05, 0.1) is 0 Å². The van der Waals surface area contributed by atoms with Crippen molar-refractivity contribution in [2.24, 2.45) is 5.92 Å². The molecule has 45 heavy (non-hydrogen) atoms. The van der Waals surface area contributed by atoms with Crippen molar-refractivity contribution < 1.29 is 24.2 Å². The van der Waals surface area contributed by atoms with E-state index in [0.717, 1.165) is 38.6 Å². The highest BCUT2D eigenvalue weighted by molar-refractivity contribution is 7.58. The number of hydrogen-bond donors (Lipinski definition) is 3. The predicted molar refractivity (Wildman–Crippen MR) is 181 cm³/mol. The Balaban J connectivity index is 1.30. The van der Waals surface area contributed by atoms with Crippen molar-refractivity contribution in [3.8, 4) is 11.1 Å². The highest BCUT2D eigenvalue weighted by Crippen LogP contribution is 2.44. The summed E-state index contributed by atoms with van der Waals surface area (Å²) in [6.07, 6.45) is 1.18. The number of fused-ring (bicyclic) bond motifs is 1. The summed E-state index contributed by atoms with van der Waals surface area (Å²) in [7, 11) is -3.71. The van der Waals surface area contributed by atoms with Crippen LogP contribution in [0.1, 0.15) is 23.1 Å². The fourth-order valence-corrected chi connectivity index (χ4v) is 7.44. The third-order valence-corrected chi connectivity index (χ3v) is 10.1. The summed E-state index contributed by atoms with van der Waals surface area (Å²) in [6, 6.07) is 40.0. The first-order chi connectivity index (χ1) is 21.8. The van der Waals surface area contributed by atoms with Crippen molar-refractivity contribution >= 4 is 30.0 Å². The van der Waals surface area contributed by atoms with Crippen molar-refractivity contribution in [2.75, 3.05) is 12.3 Å². The minimum atomic E-state index is -3.71. The van der Waals surface area contributed by atoms with E-state index in [1.807, 2.05) is 127 Å². The number of nitrogens with one attached hydrogen (secondary N) is 1. The first-order valence-electron chi connectivity index (χ1n) is 15.3. The average molecular weight is 620 g/mol. The van der Waals surface area contributed by atoms with Gasteiger partial charge in [-0.3, -0.25) is 9.36 Å². The van der Waals surface area contributed by atoms with Gasteiger partial charge in [0.2, 0.25) is 13.3 Å². The Morgan fingerprint density at radius 3 is 1.93 bits per heavy atom. The fraction of sp³-hybridized carbons (Fsp3) is 0.211. The molecule has 0 aliphatic heterocycles. The molecule has 1 unspecified atom stereocenters. The maximum absolute atomic E-state index is 13.7. The van der Waals surface area contributed by atoms with Gasteiger partial charge in [0.25, 0.3) is 0 Å². The Kier molecular flexibility index (Phi) is 10.6. The summed E-state index contributed by atoms with van der Waals surface area (Å²) in [5.74, 6) is -2.50. The lowest BCUT2D eigenvalue weighted by molar-refractivity contribution is -0.142. The van der Waals surface area contributed by atoms with E-state index in [-0.39, 0.29) is 18.7 Å². The van der Waals surface area contributed by atoms with Crippen LogP contribution in [0.25, 0.3) is 21.9 Å². The van der Waals surface area contributed by atoms with Crippen LogP contribution in [-0.4, -0.2) is 40.2 Å². The summed E-state index contributed by atoms with van der Waals surface area (Å²) in [4.78, 5) is 36.9. The highest BCUT2D eigenvalue weighted by Gasteiger charge is 2.31. The van der Waals surface area contributed by atoms with Crippen LogP contribution in [0.4, 0.5) is 0 Å². The molecule has 5 aromatic rings. The van der Waals surface area contributed by atoms with Crippen LogP contribution in [0.15, 0.2) is 127 Å². The number of carbonyl (C=O) groups is 2. The Hall–Kier alpha value is -4.51. The molecule has 3 atom stereocenters. The lowest BCUT2D eigenvalue weighted by Gasteiger charge is -2.23. The van der Waals surface area contributed by atoms with Gasteiger partial charge in [0.15, 0.2) is 0 Å². The van der Waals surface area contributed by atoms with Gasteiger partial charge in [-0.2, -0.15) is 0 Å². The quantitative estimate of drug-likeness (QED) is 0.113. The van der Waals surface area contributed by atoms with Crippen LogP contribution in [0.3, 0.4) is 0 Å². The van der Waals surface area contributed by atoms with E-state index in [4.69, 9.17) is 0 Å². The van der Waals surface area contributed by atoms with Crippen molar-refractivity contribution in [1.29, 1.82) is 0 Å². The van der Waals surface area contributed by atoms with Crippen LogP contribution in [0, 0.1) is 5.92 Å². The van der Waals surface area contributed by atoms with Crippen molar-refractivity contribution in [3.05, 3.63) is 144 Å². The standard InChI is InChI=1S/C38H38NO5P/c40-37(39-36(38(41)42)26-30-18-21-32-13-7-8-14-34(32)25-30)35(27-45(43,44)24-23-28-9-3-1-4-10-28)22-17-29-15-19-33(20-16-29)31-11-5-2-6-12-31/h1-16,18-21,25,35-36H,17,22-24,26-27H2,(H,39,40)(H,41,42)(H,43,44)/t35-,36-/m0/s1. The normalized spacial score (nSPS) is 13.9. The maximum atomic E-state index is 13.7. The van der Waals surface area contributed by atoms with Gasteiger partial charge < -0.3 is 15.3 Å². The number of amides is 1. The van der Waals surface area contributed by atoms with E-state index in [0.29, 0.717) is 19.3 Å². The van der Waals surface area contributed by atoms with E-state index >= 15 is 0 Å². The lowest BCUT2D eigenvalue weighted by Crippen LogP contribution is -2.45. The molecule has 1 amide bonds. The van der Waals surface area contributed by atoms with E-state index in [2.05, 4.69) is 5.32 Å². The molecule has 0 aliphatic rings. The van der Waals surface area contributed by atoms with Gasteiger partial charge >= 0.3 is 5.97 Å². The fourth-order valence-electron chi connectivity index (χ4n) is 5.62. The van der Waals surface area contributed by atoms with Crippen LogP contribution >= 0.6 is 7.37 Å². The summed E-state index contributed by atoms with van der Waals surface area (Å²) in [5, 5.41) is 14.8. The van der Waals surface area contributed by atoms with Gasteiger partial charge in [-0.05, 0) is 57.9 Å². The number of carboxylic acid groups (broad SMARTS) is 1. The molecular formula is C38H38NO5P. The molecule has 0 spiro atoms. The summed E-state index contributed by atoms with van der Waals surface area (Å²) < 4.78 is 13.4. The van der Waals surface area contributed by atoms with Crippen LogP contribution in [0.5, 0.6) is 0 Å². The smallest absolute Gasteiger partial charge is 0.326 e. The second-order valence-corrected chi connectivity index (χ2v) is 14.1. The zero-order chi connectivity index (χ0) is 31.6. The highest BCUT2D eigenvalue weighted by atomic mass is 31.2. The molecule has 3 N–H and O–H groups in total. The molecule has 7 heteroatoms. The molecule has 5 rings (SSSR count). The van der Waals surface area contributed by atoms with Gasteiger partial charge in [-0.15, -0.1) is 0 Å². The van der Waals surface area contributed by atoms with E-state index in [9.17, 15) is 24.2 Å². The molecule has 5 aromatic carbocycles. The first-order valence-corrected chi connectivity index (χ1v) is 17.3. The third-order valence-electron chi connectivity index (χ3n) is 8.18. The number of carboxylic acids is 1. The number of aliphatic carboxylic acids is 1. The minimum Gasteiger partial charge on any atom is -0.480 e. The molecular weight excluding hydrogens is 581 g/mol. The second kappa shape index (κ2) is 15.0. The molecule has 0 aromatic heterocycles. The number of aryl methyl sites for hydroxylation is 2. The molecule has 230 valence electrons. The number of rotatable bonds is 14. The number of hydrogen-bond acceptors (Lipinski definition) is 3. The summed E-state index contributed by atoms with van der Waals surface area (Å²) in [6.45, 7) is 0. The zero-order valence-electron chi connectivity index (χ0n) is 25.1. The van der Waals surface area contributed by atoms with Crippen LogP contribution in [-0.2, 0) is 33.4 Å². The van der Waals surface area contributed by atoms with Gasteiger partial charge in [0.1, 0.15) is 6.04 Å². The predicted octanol–water partition coefficient (Wildman–Crippen LogP) is 7.38. The Morgan fingerprint density at radius 1 is 0.667 bits per heavy atom. The molecule has 0 saturated heterocycles. The van der Waals surface area contributed by atoms with Gasteiger partial charge in [-0.25, -0.2) is 4.79 Å². The lowest BCUT2D eigenvalue weighted by atomic mass is 9.97. The van der Waals surface area contributed by atoms with Crippen LogP contribution in [0.2, 0.25) is 0 Å². The zero-order valence-corrected chi connectivity index (χ0v) is 26.0.